The van der Waals surface area contributed by atoms with Crippen LogP contribution in [0.1, 0.15) is 26.6 Å². The summed E-state index contributed by atoms with van der Waals surface area (Å²) in [6, 6.07) is 14.9. The molecular formula is C26H20ClN5O4S2. The van der Waals surface area contributed by atoms with Crippen LogP contribution in [0.25, 0.3) is 17.3 Å². The van der Waals surface area contributed by atoms with Crippen LogP contribution in [-0.2, 0) is 12.3 Å². The van der Waals surface area contributed by atoms with Crippen LogP contribution in [0.2, 0.25) is 5.02 Å². The lowest BCUT2D eigenvalue weighted by Crippen LogP contribution is -2.23. The van der Waals surface area contributed by atoms with E-state index in [4.69, 9.17) is 25.5 Å². The van der Waals surface area contributed by atoms with Crippen LogP contribution in [0.5, 0.6) is 11.5 Å². The number of aryl methyl sites for hydroxylation is 1. The number of amides is 1. The van der Waals surface area contributed by atoms with Gasteiger partial charge in [0.1, 0.15) is 10.7 Å². The number of carbonyl (C=O) groups is 1. The van der Waals surface area contributed by atoms with E-state index >= 15 is 0 Å². The Morgan fingerprint density at radius 1 is 1.16 bits per heavy atom. The molecule has 9 nitrogen and oxygen atoms in total. The zero-order chi connectivity index (χ0) is 26.1. The molecule has 0 atom stereocenters. The molecule has 4 heterocycles. The number of thiazole rings is 1. The summed E-state index contributed by atoms with van der Waals surface area (Å²) in [5, 5.41) is 15.5. The normalized spacial score (nSPS) is 12.2. The van der Waals surface area contributed by atoms with E-state index in [-0.39, 0.29) is 12.7 Å². The molecule has 192 valence electrons. The van der Waals surface area contributed by atoms with Crippen LogP contribution in [0.15, 0.2) is 69.7 Å². The van der Waals surface area contributed by atoms with Gasteiger partial charge in [0, 0.05) is 16.9 Å². The SMILES string of the molecule is Cc1ccc(Cl)cc1-n1c(SCc2nc(C(=O)NCc3ccc4c(c3)OCO4)cs2)nnc1-c1ccco1. The van der Waals surface area contributed by atoms with Gasteiger partial charge in [0.15, 0.2) is 22.4 Å². The first-order valence-electron chi connectivity index (χ1n) is 11.5. The molecule has 12 heteroatoms. The number of nitrogens with one attached hydrogen (secondary N) is 1. The van der Waals surface area contributed by atoms with Crippen LogP contribution >= 0.6 is 34.7 Å². The van der Waals surface area contributed by atoms with Crippen molar-refractivity contribution in [3.8, 4) is 28.8 Å². The summed E-state index contributed by atoms with van der Waals surface area (Å²) < 4.78 is 18.3. The fraction of sp³-hybridized carbons (Fsp3) is 0.154. The van der Waals surface area contributed by atoms with E-state index in [1.54, 1.807) is 17.7 Å². The molecule has 0 unspecified atom stereocenters. The highest BCUT2D eigenvalue weighted by atomic mass is 35.5. The van der Waals surface area contributed by atoms with Gasteiger partial charge >= 0.3 is 0 Å². The van der Waals surface area contributed by atoms with Crippen molar-refractivity contribution in [3.63, 3.8) is 0 Å². The lowest BCUT2D eigenvalue weighted by Gasteiger charge is -2.12. The van der Waals surface area contributed by atoms with Crippen molar-refractivity contribution in [2.24, 2.45) is 0 Å². The van der Waals surface area contributed by atoms with Crippen molar-refractivity contribution >= 4 is 40.6 Å². The van der Waals surface area contributed by atoms with Crippen molar-refractivity contribution in [2.75, 3.05) is 6.79 Å². The summed E-state index contributed by atoms with van der Waals surface area (Å²) in [5.74, 6) is 2.83. The van der Waals surface area contributed by atoms with Crippen molar-refractivity contribution in [1.29, 1.82) is 0 Å². The molecule has 1 aliphatic heterocycles. The molecule has 1 amide bonds. The lowest BCUT2D eigenvalue weighted by atomic mass is 10.2. The number of halogens is 1. The first-order chi connectivity index (χ1) is 18.5. The summed E-state index contributed by atoms with van der Waals surface area (Å²) in [7, 11) is 0. The maximum Gasteiger partial charge on any atom is 0.271 e. The molecule has 38 heavy (non-hydrogen) atoms. The third kappa shape index (κ3) is 5.00. The van der Waals surface area contributed by atoms with Gasteiger partial charge < -0.3 is 19.2 Å². The van der Waals surface area contributed by atoms with Crippen LogP contribution in [0.4, 0.5) is 0 Å². The number of thioether (sulfide) groups is 1. The van der Waals surface area contributed by atoms with Crippen molar-refractivity contribution in [2.45, 2.75) is 24.4 Å². The van der Waals surface area contributed by atoms with E-state index in [2.05, 4.69) is 20.5 Å². The Morgan fingerprint density at radius 3 is 2.92 bits per heavy atom. The second kappa shape index (κ2) is 10.5. The second-order valence-electron chi connectivity index (χ2n) is 8.34. The highest BCUT2D eigenvalue weighted by Crippen LogP contribution is 2.34. The first-order valence-corrected chi connectivity index (χ1v) is 13.8. The van der Waals surface area contributed by atoms with Crippen LogP contribution in [0.3, 0.4) is 0 Å². The average Bonchev–Trinajstić information content (AvgIpc) is 3.73. The molecule has 0 aliphatic carbocycles. The van der Waals surface area contributed by atoms with E-state index in [1.807, 2.05) is 54.0 Å². The zero-order valence-electron chi connectivity index (χ0n) is 20.0. The summed E-state index contributed by atoms with van der Waals surface area (Å²) in [6.07, 6.45) is 1.60. The molecule has 1 aliphatic rings. The van der Waals surface area contributed by atoms with Gasteiger partial charge in [-0.05, 0) is 54.4 Å². The monoisotopic (exact) mass is 565 g/mol. The van der Waals surface area contributed by atoms with Gasteiger partial charge in [-0.3, -0.25) is 9.36 Å². The Bertz CT molecular complexity index is 1620. The predicted octanol–water partition coefficient (Wildman–Crippen LogP) is 5.90. The van der Waals surface area contributed by atoms with E-state index in [0.29, 0.717) is 51.3 Å². The molecular weight excluding hydrogens is 546 g/mol. The zero-order valence-corrected chi connectivity index (χ0v) is 22.4. The number of benzene rings is 2. The Morgan fingerprint density at radius 2 is 2.05 bits per heavy atom. The quantitative estimate of drug-likeness (QED) is 0.232. The average molecular weight is 566 g/mol. The van der Waals surface area contributed by atoms with Gasteiger partial charge in [0.05, 0.1) is 17.7 Å². The smallest absolute Gasteiger partial charge is 0.271 e. The van der Waals surface area contributed by atoms with Gasteiger partial charge in [-0.25, -0.2) is 4.98 Å². The molecule has 0 spiro atoms. The maximum absolute atomic E-state index is 12.7. The second-order valence-corrected chi connectivity index (χ2v) is 10.7. The number of nitrogens with zero attached hydrogens (tertiary/aromatic N) is 4. The van der Waals surface area contributed by atoms with E-state index in [1.165, 1.54) is 23.1 Å². The van der Waals surface area contributed by atoms with E-state index in [0.717, 1.165) is 21.8 Å². The van der Waals surface area contributed by atoms with Crippen LogP contribution in [0, 0.1) is 6.92 Å². The topological polar surface area (TPSA) is 104 Å². The lowest BCUT2D eigenvalue weighted by molar-refractivity contribution is 0.0946. The number of aromatic nitrogens is 4. The molecule has 1 N–H and O–H groups in total. The van der Waals surface area contributed by atoms with Gasteiger partial charge in [0.25, 0.3) is 5.91 Å². The number of furan rings is 1. The van der Waals surface area contributed by atoms with E-state index in [9.17, 15) is 4.79 Å². The summed E-state index contributed by atoms with van der Waals surface area (Å²) in [6.45, 7) is 2.57. The summed E-state index contributed by atoms with van der Waals surface area (Å²) in [4.78, 5) is 17.2. The molecule has 0 saturated heterocycles. The van der Waals surface area contributed by atoms with Gasteiger partial charge in [-0.15, -0.1) is 21.5 Å². The number of hydrogen-bond acceptors (Lipinski definition) is 9. The summed E-state index contributed by atoms with van der Waals surface area (Å²) >= 11 is 9.21. The van der Waals surface area contributed by atoms with Crippen LogP contribution < -0.4 is 14.8 Å². The number of carbonyl (C=O) groups excluding carboxylic acids is 1. The number of hydrogen-bond donors (Lipinski definition) is 1. The predicted molar refractivity (Wildman–Crippen MR) is 144 cm³/mol. The Balaban J connectivity index is 1.16. The molecule has 6 rings (SSSR count). The van der Waals surface area contributed by atoms with E-state index < -0.39 is 0 Å². The molecule has 0 bridgehead atoms. The highest BCUT2D eigenvalue weighted by Gasteiger charge is 2.21. The molecule has 3 aromatic heterocycles. The number of fused-ring (bicyclic) bond motifs is 1. The minimum atomic E-state index is -0.243. The fourth-order valence-electron chi connectivity index (χ4n) is 3.90. The largest absolute Gasteiger partial charge is 0.461 e. The van der Waals surface area contributed by atoms with Crippen molar-refractivity contribution < 1.29 is 18.7 Å². The maximum atomic E-state index is 12.7. The number of rotatable bonds is 8. The minimum Gasteiger partial charge on any atom is -0.461 e. The van der Waals surface area contributed by atoms with Gasteiger partial charge in [0.2, 0.25) is 12.6 Å². The molecule has 5 aromatic rings. The molecule has 0 radical (unpaired) electrons. The van der Waals surface area contributed by atoms with Gasteiger partial charge in [-0.1, -0.05) is 35.5 Å². The molecule has 0 fully saturated rings. The Labute approximate surface area is 230 Å². The molecule has 0 saturated carbocycles. The standard InChI is InChI=1S/C26H20ClN5O4S2/c1-15-4-6-17(27)10-19(15)32-24(21-3-2-8-34-21)30-31-26(32)38-13-23-29-18(12-37-23)25(33)28-11-16-5-7-20-22(9-16)36-14-35-20/h2-10,12H,11,13-14H2,1H3,(H,28,33). The number of ether oxygens (including phenoxy) is 2. The minimum absolute atomic E-state index is 0.212. The van der Waals surface area contributed by atoms with Gasteiger partial charge in [-0.2, -0.15) is 0 Å². The van der Waals surface area contributed by atoms with Crippen molar-refractivity contribution in [1.82, 2.24) is 25.1 Å². The fourth-order valence-corrected chi connectivity index (χ4v) is 5.80. The third-order valence-electron chi connectivity index (χ3n) is 5.79. The summed E-state index contributed by atoms with van der Waals surface area (Å²) in [5.41, 5.74) is 3.16. The first kappa shape index (κ1) is 24.5. The highest BCUT2D eigenvalue weighted by molar-refractivity contribution is 7.98. The third-order valence-corrected chi connectivity index (χ3v) is 7.99. The Hall–Kier alpha value is -3.80. The van der Waals surface area contributed by atoms with Crippen LogP contribution in [-0.4, -0.2) is 32.4 Å². The van der Waals surface area contributed by atoms with Crippen molar-refractivity contribution in [3.05, 3.63) is 87.0 Å². The Kier molecular flexibility index (Phi) is 6.79. The molecule has 2 aromatic carbocycles.